The molecule has 0 spiro atoms. The van der Waals surface area contributed by atoms with Crippen molar-refractivity contribution in [2.45, 2.75) is 19.3 Å². The number of aromatic nitrogens is 7. The average molecular weight is 337 g/mol. The Kier molecular flexibility index (Phi) is 3.74. The Morgan fingerprint density at radius 1 is 1.16 bits per heavy atom. The second-order valence-electron chi connectivity index (χ2n) is 5.74. The highest BCUT2D eigenvalue weighted by molar-refractivity contribution is 5.44. The van der Waals surface area contributed by atoms with E-state index in [9.17, 15) is 4.79 Å². The van der Waals surface area contributed by atoms with E-state index >= 15 is 0 Å². The van der Waals surface area contributed by atoms with Crippen molar-refractivity contribution in [2.75, 3.05) is 18.0 Å². The van der Waals surface area contributed by atoms with Gasteiger partial charge in [-0.3, -0.25) is 9.89 Å². The van der Waals surface area contributed by atoms with Gasteiger partial charge in [-0.1, -0.05) is 5.21 Å². The van der Waals surface area contributed by atoms with Crippen molar-refractivity contribution in [2.24, 2.45) is 0 Å². The van der Waals surface area contributed by atoms with Crippen LogP contribution in [0.15, 0.2) is 29.6 Å². The SMILES string of the molecule is N#Cc1cn(-c2c[nH]n(-c3cc(N4CCCCC4)ncn3)c2=O)nn1. The van der Waals surface area contributed by atoms with Gasteiger partial charge in [0.1, 0.15) is 18.2 Å². The molecule has 1 saturated heterocycles. The zero-order chi connectivity index (χ0) is 17.2. The summed E-state index contributed by atoms with van der Waals surface area (Å²) < 4.78 is 2.58. The van der Waals surface area contributed by atoms with Crippen molar-refractivity contribution in [3.63, 3.8) is 0 Å². The number of anilines is 1. The van der Waals surface area contributed by atoms with Crippen molar-refractivity contribution in [1.29, 1.82) is 5.26 Å². The topological polar surface area (TPSA) is 121 Å². The van der Waals surface area contributed by atoms with Gasteiger partial charge in [-0.2, -0.15) is 9.94 Å². The zero-order valence-corrected chi connectivity index (χ0v) is 13.3. The normalized spacial score (nSPS) is 14.4. The molecule has 10 heteroatoms. The number of rotatable bonds is 3. The summed E-state index contributed by atoms with van der Waals surface area (Å²) in [5, 5.41) is 19.1. The van der Waals surface area contributed by atoms with E-state index in [1.165, 1.54) is 34.5 Å². The molecule has 0 radical (unpaired) electrons. The number of hydrogen-bond donors (Lipinski definition) is 1. The van der Waals surface area contributed by atoms with Crippen LogP contribution in [0.2, 0.25) is 0 Å². The van der Waals surface area contributed by atoms with Gasteiger partial charge in [0.05, 0.1) is 12.4 Å². The van der Waals surface area contributed by atoms with Crippen molar-refractivity contribution in [3.05, 3.63) is 40.8 Å². The summed E-state index contributed by atoms with van der Waals surface area (Å²) in [5.74, 6) is 1.26. The molecule has 0 unspecified atom stereocenters. The number of H-pyrrole nitrogens is 1. The standard InChI is InChI=1S/C15H15N9O/c16-7-11-9-23(21-20-11)12-8-19-24(15(12)25)14-6-13(17-10-18-14)22-4-2-1-3-5-22/h6,8-10,19H,1-5H2. The molecular weight excluding hydrogens is 322 g/mol. The lowest BCUT2D eigenvalue weighted by atomic mass is 10.1. The maximum absolute atomic E-state index is 12.6. The Labute approximate surface area is 142 Å². The monoisotopic (exact) mass is 337 g/mol. The predicted octanol–water partition coefficient (Wildman–Crippen LogP) is 0.398. The second kappa shape index (κ2) is 6.20. The molecule has 0 atom stereocenters. The molecule has 126 valence electrons. The Bertz CT molecular complexity index is 987. The molecule has 1 aliphatic rings. The van der Waals surface area contributed by atoms with Crippen LogP contribution in [0.1, 0.15) is 25.0 Å². The van der Waals surface area contributed by atoms with Crippen LogP contribution in [-0.2, 0) is 0 Å². The molecule has 10 nitrogen and oxygen atoms in total. The zero-order valence-electron chi connectivity index (χ0n) is 13.3. The summed E-state index contributed by atoms with van der Waals surface area (Å²) in [6.45, 7) is 1.91. The van der Waals surface area contributed by atoms with Gasteiger partial charge in [-0.05, 0) is 19.3 Å². The number of hydrogen-bond acceptors (Lipinski definition) is 7. The van der Waals surface area contributed by atoms with Gasteiger partial charge in [0.15, 0.2) is 17.2 Å². The number of nitriles is 1. The van der Waals surface area contributed by atoms with E-state index in [4.69, 9.17) is 5.26 Å². The van der Waals surface area contributed by atoms with Crippen molar-refractivity contribution in [1.82, 2.24) is 34.7 Å². The first-order valence-electron chi connectivity index (χ1n) is 7.97. The van der Waals surface area contributed by atoms with E-state index < -0.39 is 0 Å². The molecule has 3 aromatic heterocycles. The fraction of sp³-hybridized carbons (Fsp3) is 0.333. The summed E-state index contributed by atoms with van der Waals surface area (Å²) in [6.07, 6.45) is 7.86. The van der Waals surface area contributed by atoms with Crippen LogP contribution in [0.4, 0.5) is 5.82 Å². The molecular formula is C15H15N9O. The van der Waals surface area contributed by atoms with Gasteiger partial charge in [-0.15, -0.1) is 5.10 Å². The van der Waals surface area contributed by atoms with E-state index in [2.05, 4.69) is 30.3 Å². The Balaban J connectivity index is 1.69. The molecule has 4 rings (SSSR count). The van der Waals surface area contributed by atoms with Crippen LogP contribution in [0.5, 0.6) is 0 Å². The lowest BCUT2D eigenvalue weighted by molar-refractivity contribution is 0.572. The number of nitrogens with one attached hydrogen (secondary N) is 1. The van der Waals surface area contributed by atoms with E-state index in [-0.39, 0.29) is 16.9 Å². The lowest BCUT2D eigenvalue weighted by Gasteiger charge is -2.27. The molecule has 1 fully saturated rings. The third kappa shape index (κ3) is 2.76. The van der Waals surface area contributed by atoms with Crippen LogP contribution in [0.25, 0.3) is 11.5 Å². The summed E-state index contributed by atoms with van der Waals surface area (Å²) >= 11 is 0. The molecule has 0 bridgehead atoms. The average Bonchev–Trinajstić information content (AvgIpc) is 3.29. The van der Waals surface area contributed by atoms with Crippen LogP contribution in [-0.4, -0.2) is 47.8 Å². The first-order valence-corrected chi connectivity index (χ1v) is 7.97. The fourth-order valence-electron chi connectivity index (χ4n) is 2.88. The Morgan fingerprint density at radius 3 is 2.72 bits per heavy atom. The molecule has 0 amide bonds. The fourth-order valence-corrected chi connectivity index (χ4v) is 2.88. The molecule has 0 aromatic carbocycles. The van der Waals surface area contributed by atoms with Gasteiger partial charge in [-0.25, -0.2) is 14.6 Å². The largest absolute Gasteiger partial charge is 0.356 e. The highest BCUT2D eigenvalue weighted by atomic mass is 16.1. The quantitative estimate of drug-likeness (QED) is 0.734. The number of aromatic amines is 1. The minimum Gasteiger partial charge on any atom is -0.356 e. The van der Waals surface area contributed by atoms with Crippen molar-refractivity contribution < 1.29 is 0 Å². The molecule has 0 aliphatic carbocycles. The van der Waals surface area contributed by atoms with Gasteiger partial charge >= 0.3 is 0 Å². The van der Waals surface area contributed by atoms with Crippen LogP contribution < -0.4 is 10.5 Å². The second-order valence-corrected chi connectivity index (χ2v) is 5.74. The van der Waals surface area contributed by atoms with Crippen LogP contribution in [0.3, 0.4) is 0 Å². The molecule has 3 aromatic rings. The lowest BCUT2D eigenvalue weighted by Crippen LogP contribution is -2.30. The van der Waals surface area contributed by atoms with Gasteiger partial charge in [0.2, 0.25) is 0 Å². The summed E-state index contributed by atoms with van der Waals surface area (Å²) in [7, 11) is 0. The van der Waals surface area contributed by atoms with Gasteiger partial charge in [0, 0.05) is 19.2 Å². The summed E-state index contributed by atoms with van der Waals surface area (Å²) in [5.41, 5.74) is 0.0615. The van der Waals surface area contributed by atoms with E-state index in [0.717, 1.165) is 31.7 Å². The maximum atomic E-state index is 12.6. The summed E-state index contributed by atoms with van der Waals surface area (Å²) in [4.78, 5) is 23.3. The van der Waals surface area contributed by atoms with E-state index in [0.29, 0.717) is 5.82 Å². The third-order valence-corrected chi connectivity index (χ3v) is 4.15. The maximum Gasteiger partial charge on any atom is 0.298 e. The first kappa shape index (κ1) is 15.1. The smallest absolute Gasteiger partial charge is 0.298 e. The van der Waals surface area contributed by atoms with Gasteiger partial charge < -0.3 is 4.90 Å². The van der Waals surface area contributed by atoms with Crippen LogP contribution in [0, 0.1) is 11.3 Å². The Hall–Kier alpha value is -3.48. The van der Waals surface area contributed by atoms with Gasteiger partial charge in [0.25, 0.3) is 5.56 Å². The molecule has 0 saturated carbocycles. The van der Waals surface area contributed by atoms with Crippen molar-refractivity contribution in [3.8, 4) is 17.6 Å². The minimum absolute atomic E-state index is 0.140. The predicted molar refractivity (Wildman–Crippen MR) is 87.7 cm³/mol. The number of piperidine rings is 1. The minimum atomic E-state index is -0.335. The van der Waals surface area contributed by atoms with E-state index in [1.54, 1.807) is 6.07 Å². The highest BCUT2D eigenvalue weighted by Crippen LogP contribution is 2.18. The molecule has 1 aliphatic heterocycles. The molecule has 4 heterocycles. The Morgan fingerprint density at radius 2 is 1.96 bits per heavy atom. The third-order valence-electron chi connectivity index (χ3n) is 4.15. The number of nitrogens with zero attached hydrogens (tertiary/aromatic N) is 8. The highest BCUT2D eigenvalue weighted by Gasteiger charge is 2.16. The van der Waals surface area contributed by atoms with Crippen LogP contribution >= 0.6 is 0 Å². The first-order chi connectivity index (χ1) is 12.3. The molecule has 1 N–H and O–H groups in total. The van der Waals surface area contributed by atoms with E-state index in [1.807, 2.05) is 6.07 Å². The summed E-state index contributed by atoms with van der Waals surface area (Å²) in [6, 6.07) is 3.67. The molecule has 25 heavy (non-hydrogen) atoms. The van der Waals surface area contributed by atoms with Crippen molar-refractivity contribution >= 4 is 5.82 Å².